The van der Waals surface area contributed by atoms with Gasteiger partial charge in [0.25, 0.3) is 10.2 Å². The van der Waals surface area contributed by atoms with Crippen LogP contribution in [0.5, 0.6) is 0 Å². The Hall–Kier alpha value is -1.61. The zero-order valence-electron chi connectivity index (χ0n) is 7.10. The van der Waals surface area contributed by atoms with Crippen LogP contribution in [-0.2, 0) is 10.2 Å². The second-order valence-corrected chi connectivity index (χ2v) is 3.90. The van der Waals surface area contributed by atoms with Crippen LogP contribution in [0.1, 0.15) is 10.5 Å². The molecule has 0 unspecified atom stereocenters. The first-order chi connectivity index (χ1) is 6.44. The fourth-order valence-corrected chi connectivity index (χ4v) is 1.15. The van der Waals surface area contributed by atoms with E-state index in [1.165, 1.54) is 7.05 Å². The molecule has 0 saturated carbocycles. The van der Waals surface area contributed by atoms with Crippen molar-refractivity contribution in [2.24, 2.45) is 0 Å². The number of hydrogen-bond acceptors (Lipinski definition) is 4. The molecule has 14 heavy (non-hydrogen) atoms. The number of nitrogens with zero attached hydrogens (tertiary/aromatic N) is 1. The van der Waals surface area contributed by atoms with E-state index in [4.69, 9.17) is 5.11 Å². The van der Waals surface area contributed by atoms with Crippen molar-refractivity contribution in [2.45, 2.75) is 0 Å². The van der Waals surface area contributed by atoms with Gasteiger partial charge in [0.05, 0.1) is 0 Å². The van der Waals surface area contributed by atoms with E-state index in [-0.39, 0.29) is 11.5 Å². The van der Waals surface area contributed by atoms with Crippen molar-refractivity contribution in [3.63, 3.8) is 0 Å². The van der Waals surface area contributed by atoms with Crippen LogP contribution in [0, 0.1) is 0 Å². The minimum Gasteiger partial charge on any atom is -0.477 e. The minimum atomic E-state index is -3.66. The molecule has 0 aliphatic carbocycles. The van der Waals surface area contributed by atoms with Crippen LogP contribution in [0.3, 0.4) is 0 Å². The molecule has 1 rings (SSSR count). The third-order valence-corrected chi connectivity index (χ3v) is 2.33. The van der Waals surface area contributed by atoms with Crippen molar-refractivity contribution in [3.05, 3.63) is 11.8 Å². The number of rotatable bonds is 4. The molecule has 0 fully saturated rings. The Labute approximate surface area is 79.5 Å². The van der Waals surface area contributed by atoms with Crippen molar-refractivity contribution in [3.8, 4) is 0 Å². The smallest absolute Gasteiger partial charge is 0.353 e. The predicted molar refractivity (Wildman–Crippen MR) is 47.1 cm³/mol. The van der Waals surface area contributed by atoms with Gasteiger partial charge in [-0.25, -0.2) is 9.52 Å². The van der Waals surface area contributed by atoms with E-state index in [2.05, 4.69) is 10.2 Å². The normalized spacial score (nSPS) is 11.2. The largest absolute Gasteiger partial charge is 0.477 e. The van der Waals surface area contributed by atoms with E-state index < -0.39 is 16.2 Å². The second kappa shape index (κ2) is 3.64. The topological polar surface area (TPSA) is 124 Å². The number of carboxylic acid groups (broad SMARTS) is 1. The van der Waals surface area contributed by atoms with Gasteiger partial charge in [-0.2, -0.15) is 13.5 Å². The number of aromatic nitrogens is 2. The Balaban J connectivity index is 2.84. The highest BCUT2D eigenvalue weighted by Crippen LogP contribution is 2.06. The summed E-state index contributed by atoms with van der Waals surface area (Å²) in [4.78, 5) is 10.4. The molecular weight excluding hydrogens is 212 g/mol. The molecule has 0 atom stereocenters. The summed E-state index contributed by atoms with van der Waals surface area (Å²) in [7, 11) is -2.44. The molecule has 0 amide bonds. The first-order valence-corrected chi connectivity index (χ1v) is 4.93. The molecule has 0 aliphatic heterocycles. The Bertz CT molecular complexity index is 436. The number of carboxylic acids is 1. The van der Waals surface area contributed by atoms with E-state index in [9.17, 15) is 13.2 Å². The molecule has 1 heterocycles. The summed E-state index contributed by atoms with van der Waals surface area (Å²) in [6.45, 7) is 0. The maximum atomic E-state index is 10.9. The number of aromatic amines is 1. The summed E-state index contributed by atoms with van der Waals surface area (Å²) in [5.41, 5.74) is -0.196. The van der Waals surface area contributed by atoms with Crippen molar-refractivity contribution < 1.29 is 18.3 Å². The van der Waals surface area contributed by atoms with Gasteiger partial charge in [-0.1, -0.05) is 0 Å². The van der Waals surface area contributed by atoms with Gasteiger partial charge in [0.2, 0.25) is 0 Å². The Kier molecular flexibility index (Phi) is 2.72. The first-order valence-electron chi connectivity index (χ1n) is 3.44. The maximum absolute atomic E-state index is 10.9. The number of anilines is 1. The van der Waals surface area contributed by atoms with Crippen LogP contribution in [0.2, 0.25) is 0 Å². The number of carbonyl (C=O) groups is 1. The van der Waals surface area contributed by atoms with Crippen molar-refractivity contribution >= 4 is 22.0 Å². The molecule has 4 N–H and O–H groups in total. The summed E-state index contributed by atoms with van der Waals surface area (Å²) in [5, 5.41) is 14.1. The molecule has 0 radical (unpaired) electrons. The lowest BCUT2D eigenvalue weighted by Crippen LogP contribution is -2.26. The average molecular weight is 220 g/mol. The fraction of sp³-hybridized carbons (Fsp3) is 0.200. The summed E-state index contributed by atoms with van der Waals surface area (Å²) in [6.07, 6.45) is 0. The van der Waals surface area contributed by atoms with Crippen molar-refractivity contribution in [1.29, 1.82) is 0 Å². The van der Waals surface area contributed by atoms with Gasteiger partial charge in [-0.3, -0.25) is 9.82 Å². The number of nitrogens with one attached hydrogen (secondary N) is 3. The first kappa shape index (κ1) is 10.5. The van der Waals surface area contributed by atoms with Crippen LogP contribution in [-0.4, -0.2) is 36.7 Å². The molecule has 0 aliphatic rings. The highest BCUT2D eigenvalue weighted by Gasteiger charge is 2.11. The summed E-state index contributed by atoms with van der Waals surface area (Å²) < 4.78 is 25.8. The molecule has 0 saturated heterocycles. The minimum absolute atomic E-state index is 0.0863. The summed E-state index contributed by atoms with van der Waals surface area (Å²) >= 11 is 0. The van der Waals surface area contributed by atoms with Gasteiger partial charge in [-0.05, 0) is 0 Å². The molecule has 78 valence electrons. The summed E-state index contributed by atoms with van der Waals surface area (Å²) in [6, 6.07) is 1.07. The Morgan fingerprint density at radius 1 is 1.64 bits per heavy atom. The van der Waals surface area contributed by atoms with Gasteiger partial charge in [-0.15, -0.1) is 0 Å². The van der Waals surface area contributed by atoms with E-state index in [1.54, 1.807) is 0 Å². The third kappa shape index (κ3) is 2.44. The number of aromatic carboxylic acids is 1. The molecule has 1 aromatic rings. The molecule has 8 nitrogen and oxygen atoms in total. The van der Waals surface area contributed by atoms with Crippen molar-refractivity contribution in [2.75, 3.05) is 11.8 Å². The third-order valence-electron chi connectivity index (χ3n) is 1.32. The molecule has 9 heteroatoms. The zero-order chi connectivity index (χ0) is 10.8. The lowest BCUT2D eigenvalue weighted by atomic mass is 10.4. The number of hydrogen-bond donors (Lipinski definition) is 4. The molecule has 0 spiro atoms. The lowest BCUT2D eigenvalue weighted by Gasteiger charge is -2.00. The Morgan fingerprint density at radius 2 is 2.29 bits per heavy atom. The van der Waals surface area contributed by atoms with Gasteiger partial charge in [0.1, 0.15) is 5.69 Å². The van der Waals surface area contributed by atoms with E-state index in [0.29, 0.717) is 0 Å². The van der Waals surface area contributed by atoms with E-state index in [1.807, 2.05) is 9.44 Å². The quantitative estimate of drug-likeness (QED) is 0.517. The Morgan fingerprint density at radius 3 is 2.71 bits per heavy atom. The van der Waals surface area contributed by atoms with E-state index >= 15 is 0 Å². The summed E-state index contributed by atoms with van der Waals surface area (Å²) in [5.74, 6) is -1.30. The highest BCUT2D eigenvalue weighted by molar-refractivity contribution is 7.90. The number of H-pyrrole nitrogens is 1. The van der Waals surface area contributed by atoms with Crippen LogP contribution in [0.15, 0.2) is 6.07 Å². The molecule has 0 bridgehead atoms. The average Bonchev–Trinajstić information content (AvgIpc) is 2.52. The van der Waals surface area contributed by atoms with Gasteiger partial charge >= 0.3 is 5.97 Å². The second-order valence-electron chi connectivity index (χ2n) is 2.28. The highest BCUT2D eigenvalue weighted by atomic mass is 32.2. The molecular formula is C5H8N4O4S. The van der Waals surface area contributed by atoms with E-state index in [0.717, 1.165) is 6.07 Å². The van der Waals surface area contributed by atoms with Gasteiger partial charge in [0, 0.05) is 13.1 Å². The van der Waals surface area contributed by atoms with Crippen molar-refractivity contribution in [1.82, 2.24) is 14.9 Å². The van der Waals surface area contributed by atoms with Crippen LogP contribution in [0.4, 0.5) is 5.82 Å². The molecule has 0 aromatic carbocycles. The zero-order valence-corrected chi connectivity index (χ0v) is 7.92. The van der Waals surface area contributed by atoms with Gasteiger partial charge < -0.3 is 5.11 Å². The molecule has 1 aromatic heterocycles. The monoisotopic (exact) mass is 220 g/mol. The fourth-order valence-electron chi connectivity index (χ4n) is 0.672. The predicted octanol–water partition coefficient (Wildman–Crippen LogP) is -1.02. The standard InChI is InChI=1S/C5H8N4O4S/c1-6-14(12,13)9-4-2-3(5(10)11)7-8-4/h2,6H,1H3,(H,10,11)(H2,7,8,9). The van der Waals surface area contributed by atoms with Crippen LogP contribution in [0.25, 0.3) is 0 Å². The van der Waals surface area contributed by atoms with Crippen LogP contribution >= 0.6 is 0 Å². The van der Waals surface area contributed by atoms with Gasteiger partial charge in [0.15, 0.2) is 5.82 Å². The van der Waals surface area contributed by atoms with Crippen LogP contribution < -0.4 is 9.44 Å². The SMILES string of the molecule is CNS(=O)(=O)Nc1cc(C(=O)O)[nH]n1. The lowest BCUT2D eigenvalue weighted by molar-refractivity contribution is 0.0690. The maximum Gasteiger partial charge on any atom is 0.353 e.